The Morgan fingerprint density at radius 2 is 1.68 bits per heavy atom. The maximum Gasteiger partial charge on any atom is 0.307 e. The molecule has 4 nitrogen and oxygen atoms in total. The van der Waals surface area contributed by atoms with E-state index in [9.17, 15) is 14.7 Å². The van der Waals surface area contributed by atoms with Crippen LogP contribution < -0.4 is 0 Å². The van der Waals surface area contributed by atoms with Gasteiger partial charge in [0, 0.05) is 20.5 Å². The van der Waals surface area contributed by atoms with Crippen LogP contribution in [0.4, 0.5) is 0 Å². The first kappa shape index (κ1) is 16.0. The molecule has 1 aliphatic carbocycles. The molecule has 110 valence electrons. The molecule has 1 N–H and O–H groups in total. The molecule has 0 aromatic heterocycles. The molecule has 0 spiro atoms. The lowest BCUT2D eigenvalue weighted by atomic mass is 9.59. The van der Waals surface area contributed by atoms with E-state index in [4.69, 9.17) is 0 Å². The number of hydrogen-bond acceptors (Lipinski definition) is 2. The van der Waals surface area contributed by atoms with Crippen LogP contribution in [0.25, 0.3) is 0 Å². The van der Waals surface area contributed by atoms with Crippen LogP contribution in [-0.4, -0.2) is 36.0 Å². The Kier molecular flexibility index (Phi) is 5.39. The normalized spacial score (nSPS) is 20.1. The van der Waals surface area contributed by atoms with E-state index in [1.807, 2.05) is 0 Å². The van der Waals surface area contributed by atoms with Gasteiger partial charge in [-0.2, -0.15) is 0 Å². The molecular weight excluding hydrogens is 242 g/mol. The quantitative estimate of drug-likeness (QED) is 0.835. The molecule has 1 atom stereocenters. The van der Waals surface area contributed by atoms with E-state index in [1.165, 1.54) is 11.3 Å². The summed E-state index contributed by atoms with van der Waals surface area (Å²) in [5.41, 5.74) is -0.213. The highest BCUT2D eigenvalue weighted by atomic mass is 16.4. The van der Waals surface area contributed by atoms with Crippen LogP contribution in [0.5, 0.6) is 0 Å². The lowest BCUT2D eigenvalue weighted by molar-refractivity contribution is -0.154. The largest absolute Gasteiger partial charge is 0.481 e. The highest BCUT2D eigenvalue weighted by Gasteiger charge is 2.46. The third-order valence-corrected chi connectivity index (χ3v) is 4.80. The molecule has 0 aromatic rings. The third kappa shape index (κ3) is 3.48. The van der Waals surface area contributed by atoms with Gasteiger partial charge >= 0.3 is 5.97 Å². The lowest BCUT2D eigenvalue weighted by Gasteiger charge is -2.45. The van der Waals surface area contributed by atoms with Crippen molar-refractivity contribution in [2.24, 2.45) is 17.3 Å². The molecule has 0 aromatic carbocycles. The molecule has 19 heavy (non-hydrogen) atoms. The summed E-state index contributed by atoms with van der Waals surface area (Å²) in [7, 11) is 3.37. The summed E-state index contributed by atoms with van der Waals surface area (Å²) in [5, 5.41) is 9.60. The Morgan fingerprint density at radius 1 is 1.16 bits per heavy atom. The minimum Gasteiger partial charge on any atom is -0.481 e. The van der Waals surface area contributed by atoms with Gasteiger partial charge in [-0.05, 0) is 24.2 Å². The molecule has 0 radical (unpaired) electrons. The smallest absolute Gasteiger partial charge is 0.307 e. The van der Waals surface area contributed by atoms with Gasteiger partial charge in [-0.15, -0.1) is 0 Å². The van der Waals surface area contributed by atoms with Gasteiger partial charge in [-0.25, -0.2) is 0 Å². The molecule has 1 amide bonds. The summed E-state index contributed by atoms with van der Waals surface area (Å²) in [5.74, 6) is -1.16. The summed E-state index contributed by atoms with van der Waals surface area (Å²) in [6.07, 6.45) is 5.34. The first-order chi connectivity index (χ1) is 8.81. The zero-order chi connectivity index (χ0) is 14.6. The molecule has 0 aliphatic heterocycles. The fourth-order valence-corrected chi connectivity index (χ4v) is 3.43. The topological polar surface area (TPSA) is 57.6 Å². The summed E-state index contributed by atoms with van der Waals surface area (Å²) < 4.78 is 0. The minimum atomic E-state index is -0.814. The lowest BCUT2D eigenvalue weighted by Crippen LogP contribution is -2.44. The molecule has 1 saturated carbocycles. The zero-order valence-corrected chi connectivity index (χ0v) is 12.6. The summed E-state index contributed by atoms with van der Waals surface area (Å²) in [4.78, 5) is 25.1. The maximum absolute atomic E-state index is 11.9. The molecule has 0 bridgehead atoms. The van der Waals surface area contributed by atoms with Crippen molar-refractivity contribution in [3.8, 4) is 0 Å². The molecule has 1 fully saturated rings. The van der Waals surface area contributed by atoms with Crippen LogP contribution >= 0.6 is 0 Å². The fourth-order valence-electron chi connectivity index (χ4n) is 3.43. The van der Waals surface area contributed by atoms with Crippen molar-refractivity contribution in [2.45, 2.75) is 52.4 Å². The van der Waals surface area contributed by atoms with Crippen LogP contribution in [0.15, 0.2) is 0 Å². The van der Waals surface area contributed by atoms with Gasteiger partial charge in [0.25, 0.3) is 0 Å². The van der Waals surface area contributed by atoms with Crippen molar-refractivity contribution >= 4 is 11.9 Å². The van der Waals surface area contributed by atoms with Crippen LogP contribution in [-0.2, 0) is 9.59 Å². The second kappa shape index (κ2) is 6.40. The Balaban J connectivity index is 2.99. The van der Waals surface area contributed by atoms with E-state index < -0.39 is 11.9 Å². The average molecular weight is 269 g/mol. The predicted octanol–water partition coefficient (Wildman–Crippen LogP) is 2.77. The van der Waals surface area contributed by atoms with Crippen LogP contribution in [0.2, 0.25) is 0 Å². The Labute approximate surface area is 116 Å². The van der Waals surface area contributed by atoms with E-state index in [2.05, 4.69) is 13.8 Å². The minimum absolute atomic E-state index is 0.0852. The van der Waals surface area contributed by atoms with Gasteiger partial charge in [-0.1, -0.05) is 33.1 Å². The number of carbonyl (C=O) groups is 2. The van der Waals surface area contributed by atoms with Gasteiger partial charge in [-0.3, -0.25) is 9.59 Å². The summed E-state index contributed by atoms with van der Waals surface area (Å²) >= 11 is 0. The van der Waals surface area contributed by atoms with E-state index >= 15 is 0 Å². The number of carboxylic acid groups (broad SMARTS) is 1. The Bertz CT molecular complexity index is 330. The second-order valence-corrected chi connectivity index (χ2v) is 6.33. The SMILES string of the molecule is CC(C)C1([C@@H](CC(=O)N(C)C)C(=O)O)CCCCC1. The summed E-state index contributed by atoms with van der Waals surface area (Å²) in [6.45, 7) is 4.20. The van der Waals surface area contributed by atoms with Gasteiger partial charge < -0.3 is 10.0 Å². The second-order valence-electron chi connectivity index (χ2n) is 6.33. The van der Waals surface area contributed by atoms with E-state index in [1.54, 1.807) is 14.1 Å². The molecule has 1 rings (SSSR count). The van der Waals surface area contributed by atoms with E-state index in [0.717, 1.165) is 25.7 Å². The number of nitrogens with zero attached hydrogens (tertiary/aromatic N) is 1. The zero-order valence-electron chi connectivity index (χ0n) is 12.6. The number of carbonyl (C=O) groups excluding carboxylic acids is 1. The number of aliphatic carboxylic acids is 1. The highest BCUT2D eigenvalue weighted by Crippen LogP contribution is 2.49. The van der Waals surface area contributed by atoms with E-state index in [-0.39, 0.29) is 17.7 Å². The number of carboxylic acids is 1. The molecule has 1 aliphatic rings. The van der Waals surface area contributed by atoms with Gasteiger partial charge in [0.2, 0.25) is 5.91 Å². The number of hydrogen-bond donors (Lipinski definition) is 1. The van der Waals surface area contributed by atoms with E-state index in [0.29, 0.717) is 5.92 Å². The van der Waals surface area contributed by atoms with Crippen molar-refractivity contribution in [2.75, 3.05) is 14.1 Å². The maximum atomic E-state index is 11.9. The fraction of sp³-hybridized carbons (Fsp3) is 0.867. The number of rotatable bonds is 5. The summed E-state index contributed by atoms with van der Waals surface area (Å²) in [6, 6.07) is 0. The molecule has 0 heterocycles. The molecule has 0 unspecified atom stereocenters. The monoisotopic (exact) mass is 269 g/mol. The molecule has 0 saturated heterocycles. The van der Waals surface area contributed by atoms with Crippen LogP contribution in [0.3, 0.4) is 0 Å². The Hall–Kier alpha value is -1.06. The third-order valence-electron chi connectivity index (χ3n) is 4.80. The van der Waals surface area contributed by atoms with Gasteiger partial charge in [0.1, 0.15) is 0 Å². The standard InChI is InChI=1S/C15H27NO3/c1-11(2)15(8-6-5-7-9-15)12(14(18)19)10-13(17)16(3)4/h11-12H,5-10H2,1-4H3,(H,18,19)/t12-/m0/s1. The number of amides is 1. The van der Waals surface area contributed by atoms with Crippen molar-refractivity contribution in [1.29, 1.82) is 0 Å². The average Bonchev–Trinajstić information content (AvgIpc) is 2.35. The van der Waals surface area contributed by atoms with Crippen LogP contribution in [0.1, 0.15) is 52.4 Å². The molecular formula is C15H27NO3. The van der Waals surface area contributed by atoms with Crippen molar-refractivity contribution < 1.29 is 14.7 Å². The highest BCUT2D eigenvalue weighted by molar-refractivity contribution is 5.82. The first-order valence-corrected chi connectivity index (χ1v) is 7.24. The van der Waals surface area contributed by atoms with Crippen LogP contribution in [0, 0.1) is 17.3 Å². The van der Waals surface area contributed by atoms with Crippen molar-refractivity contribution in [1.82, 2.24) is 4.90 Å². The van der Waals surface area contributed by atoms with Crippen molar-refractivity contribution in [3.63, 3.8) is 0 Å². The van der Waals surface area contributed by atoms with Gasteiger partial charge in [0.05, 0.1) is 5.92 Å². The predicted molar refractivity (Wildman–Crippen MR) is 74.8 cm³/mol. The van der Waals surface area contributed by atoms with Crippen molar-refractivity contribution in [3.05, 3.63) is 0 Å². The first-order valence-electron chi connectivity index (χ1n) is 7.24. The molecule has 4 heteroatoms. The Morgan fingerprint density at radius 3 is 2.05 bits per heavy atom. The van der Waals surface area contributed by atoms with Gasteiger partial charge in [0.15, 0.2) is 0 Å².